The van der Waals surface area contributed by atoms with Gasteiger partial charge in [-0.25, -0.2) is 0 Å². The van der Waals surface area contributed by atoms with E-state index in [0.717, 1.165) is 63.4 Å². The highest BCUT2D eigenvalue weighted by Crippen LogP contribution is 2.17. The van der Waals surface area contributed by atoms with Crippen LogP contribution in [0, 0.1) is 5.92 Å². The second kappa shape index (κ2) is 10.8. The maximum atomic E-state index is 5.50. The molecule has 0 aliphatic carbocycles. The second-order valence-electron chi connectivity index (χ2n) is 8.16. The molecular formula is C20H36N6O2. The lowest BCUT2D eigenvalue weighted by Gasteiger charge is -2.34. The standard InChI is InChI=1S/C20H36N6O2/c1-4-21-20(22-9-5-18-24-19(15(2)3)25-28-18)23-17-6-10-26(11-7-17)13-16-8-12-27-14-16/h15-17H,4-14H2,1-3H3,(H2,21,22,23). The zero-order chi connectivity index (χ0) is 19.8. The van der Waals surface area contributed by atoms with Gasteiger partial charge in [0, 0.05) is 51.2 Å². The predicted molar refractivity (Wildman–Crippen MR) is 110 cm³/mol. The van der Waals surface area contributed by atoms with Gasteiger partial charge in [0.1, 0.15) is 0 Å². The van der Waals surface area contributed by atoms with E-state index in [1.807, 2.05) is 0 Å². The molecule has 3 heterocycles. The molecule has 1 atom stereocenters. The number of ether oxygens (including phenoxy) is 1. The Hall–Kier alpha value is -1.67. The lowest BCUT2D eigenvalue weighted by molar-refractivity contribution is 0.150. The summed E-state index contributed by atoms with van der Waals surface area (Å²) in [6.07, 6.45) is 4.19. The number of aromatic nitrogens is 2. The highest BCUT2D eigenvalue weighted by molar-refractivity contribution is 5.80. The third kappa shape index (κ3) is 6.44. The molecule has 2 saturated heterocycles. The number of likely N-dealkylation sites (tertiary alicyclic amines) is 1. The molecule has 0 amide bonds. The van der Waals surface area contributed by atoms with Gasteiger partial charge in [-0.15, -0.1) is 0 Å². The Kier molecular flexibility index (Phi) is 8.09. The summed E-state index contributed by atoms with van der Waals surface area (Å²) in [6.45, 7) is 13.1. The fraction of sp³-hybridized carbons (Fsp3) is 0.850. The molecule has 28 heavy (non-hydrogen) atoms. The molecular weight excluding hydrogens is 356 g/mol. The molecule has 2 aliphatic rings. The molecule has 1 unspecified atom stereocenters. The third-order valence-corrected chi connectivity index (χ3v) is 5.41. The molecule has 2 N–H and O–H groups in total. The van der Waals surface area contributed by atoms with Gasteiger partial charge in [-0.2, -0.15) is 4.98 Å². The topological polar surface area (TPSA) is 87.8 Å². The quantitative estimate of drug-likeness (QED) is 0.515. The highest BCUT2D eigenvalue weighted by Gasteiger charge is 2.24. The zero-order valence-electron chi connectivity index (χ0n) is 17.6. The maximum Gasteiger partial charge on any atom is 0.228 e. The van der Waals surface area contributed by atoms with Crippen molar-refractivity contribution in [1.82, 2.24) is 25.7 Å². The predicted octanol–water partition coefficient (Wildman–Crippen LogP) is 1.79. The van der Waals surface area contributed by atoms with E-state index in [1.165, 1.54) is 13.0 Å². The minimum Gasteiger partial charge on any atom is -0.381 e. The molecule has 0 saturated carbocycles. The molecule has 8 nitrogen and oxygen atoms in total. The van der Waals surface area contributed by atoms with Crippen molar-refractivity contribution >= 4 is 5.96 Å². The van der Waals surface area contributed by atoms with Gasteiger partial charge in [-0.05, 0) is 32.1 Å². The van der Waals surface area contributed by atoms with Crippen molar-refractivity contribution in [3.63, 3.8) is 0 Å². The van der Waals surface area contributed by atoms with Crippen LogP contribution in [-0.4, -0.2) is 73.0 Å². The maximum absolute atomic E-state index is 5.50. The first-order chi connectivity index (χ1) is 13.6. The molecule has 1 aromatic rings. The molecule has 8 heteroatoms. The zero-order valence-corrected chi connectivity index (χ0v) is 17.6. The summed E-state index contributed by atoms with van der Waals surface area (Å²) in [6, 6.07) is 0.477. The summed E-state index contributed by atoms with van der Waals surface area (Å²) in [5.41, 5.74) is 0. The summed E-state index contributed by atoms with van der Waals surface area (Å²) in [4.78, 5) is 11.7. The van der Waals surface area contributed by atoms with E-state index >= 15 is 0 Å². The number of guanidine groups is 1. The molecule has 0 bridgehead atoms. The molecule has 158 valence electrons. The molecule has 0 radical (unpaired) electrons. The summed E-state index contributed by atoms with van der Waals surface area (Å²) >= 11 is 0. The largest absolute Gasteiger partial charge is 0.381 e. The van der Waals surface area contributed by atoms with Gasteiger partial charge in [-0.3, -0.25) is 4.99 Å². The van der Waals surface area contributed by atoms with Crippen molar-refractivity contribution < 1.29 is 9.26 Å². The summed E-state index contributed by atoms with van der Waals surface area (Å²) in [5, 5.41) is 11.0. The average Bonchev–Trinajstić information content (AvgIpc) is 3.35. The molecule has 2 fully saturated rings. The second-order valence-corrected chi connectivity index (χ2v) is 8.16. The van der Waals surface area contributed by atoms with Gasteiger partial charge in [0.25, 0.3) is 0 Å². The van der Waals surface area contributed by atoms with Crippen LogP contribution >= 0.6 is 0 Å². The fourth-order valence-electron chi connectivity index (χ4n) is 3.73. The number of rotatable bonds is 8. The van der Waals surface area contributed by atoms with Crippen LogP contribution in [0.5, 0.6) is 0 Å². The number of hydrogen-bond acceptors (Lipinski definition) is 6. The smallest absolute Gasteiger partial charge is 0.228 e. The number of hydrogen-bond donors (Lipinski definition) is 2. The van der Waals surface area contributed by atoms with Crippen molar-refractivity contribution in [2.45, 2.75) is 58.4 Å². The normalized spacial score (nSPS) is 22.1. The van der Waals surface area contributed by atoms with E-state index in [2.05, 4.69) is 46.4 Å². The Morgan fingerprint density at radius 2 is 2.11 bits per heavy atom. The molecule has 1 aromatic heterocycles. The first-order valence-electron chi connectivity index (χ1n) is 10.8. The van der Waals surface area contributed by atoms with Crippen molar-refractivity contribution in [2.24, 2.45) is 10.9 Å². The lowest BCUT2D eigenvalue weighted by atomic mass is 10.0. The van der Waals surface area contributed by atoms with E-state index in [-0.39, 0.29) is 5.92 Å². The Balaban J connectivity index is 1.41. The van der Waals surface area contributed by atoms with Gasteiger partial charge in [0.2, 0.25) is 5.89 Å². The molecule has 2 aliphatic heterocycles. The van der Waals surface area contributed by atoms with E-state index < -0.39 is 0 Å². The van der Waals surface area contributed by atoms with E-state index in [1.54, 1.807) is 0 Å². The Labute approximate surface area is 168 Å². The number of nitrogens with zero attached hydrogens (tertiary/aromatic N) is 4. The molecule has 3 rings (SSSR count). The minimum absolute atomic E-state index is 0.284. The van der Waals surface area contributed by atoms with Crippen LogP contribution < -0.4 is 10.6 Å². The van der Waals surface area contributed by atoms with Gasteiger partial charge >= 0.3 is 0 Å². The number of aliphatic imine (C=N–C) groups is 1. The van der Waals surface area contributed by atoms with E-state index in [9.17, 15) is 0 Å². The SMILES string of the molecule is CCNC(=NCCc1nc(C(C)C)no1)NC1CCN(CC2CCOC2)CC1. The Bertz CT molecular complexity index is 604. The average molecular weight is 393 g/mol. The summed E-state index contributed by atoms with van der Waals surface area (Å²) in [5.74, 6) is 3.32. The van der Waals surface area contributed by atoms with Crippen LogP contribution in [0.25, 0.3) is 0 Å². The number of piperidine rings is 1. The van der Waals surface area contributed by atoms with Crippen molar-refractivity contribution in [1.29, 1.82) is 0 Å². The fourth-order valence-corrected chi connectivity index (χ4v) is 3.73. The highest BCUT2D eigenvalue weighted by atomic mass is 16.5. The first kappa shape index (κ1) is 21.0. The van der Waals surface area contributed by atoms with E-state index in [0.29, 0.717) is 24.9 Å². The Morgan fingerprint density at radius 3 is 2.75 bits per heavy atom. The molecule has 0 aromatic carbocycles. The van der Waals surface area contributed by atoms with Gasteiger partial charge in [0.05, 0.1) is 13.2 Å². The molecule has 0 spiro atoms. The van der Waals surface area contributed by atoms with E-state index in [4.69, 9.17) is 14.3 Å². The third-order valence-electron chi connectivity index (χ3n) is 5.41. The number of nitrogens with one attached hydrogen (secondary N) is 2. The van der Waals surface area contributed by atoms with Crippen LogP contribution in [-0.2, 0) is 11.2 Å². The monoisotopic (exact) mass is 392 g/mol. The van der Waals surface area contributed by atoms with Gasteiger partial charge in [0.15, 0.2) is 11.8 Å². The summed E-state index contributed by atoms with van der Waals surface area (Å²) in [7, 11) is 0. The van der Waals surface area contributed by atoms with Crippen molar-refractivity contribution in [3.8, 4) is 0 Å². The lowest BCUT2D eigenvalue weighted by Crippen LogP contribution is -2.49. The van der Waals surface area contributed by atoms with Crippen molar-refractivity contribution in [2.75, 3.05) is 45.9 Å². The van der Waals surface area contributed by atoms with Crippen LogP contribution in [0.15, 0.2) is 9.52 Å². The van der Waals surface area contributed by atoms with Crippen molar-refractivity contribution in [3.05, 3.63) is 11.7 Å². The van der Waals surface area contributed by atoms with Crippen LogP contribution in [0.1, 0.15) is 57.7 Å². The Morgan fingerprint density at radius 1 is 1.29 bits per heavy atom. The van der Waals surface area contributed by atoms with Gasteiger partial charge < -0.3 is 24.8 Å². The first-order valence-corrected chi connectivity index (χ1v) is 10.8. The summed E-state index contributed by atoms with van der Waals surface area (Å²) < 4.78 is 10.8. The minimum atomic E-state index is 0.284. The van der Waals surface area contributed by atoms with Crippen LogP contribution in [0.3, 0.4) is 0 Å². The van der Waals surface area contributed by atoms with Crippen LogP contribution in [0.4, 0.5) is 0 Å². The van der Waals surface area contributed by atoms with Crippen LogP contribution in [0.2, 0.25) is 0 Å². The van der Waals surface area contributed by atoms with Gasteiger partial charge in [-0.1, -0.05) is 19.0 Å².